The SMILES string of the molecule is N#Cc1ccc(Nc2cccc([C@H]3CCCN3Cc3ccc(B(O)O)cc3)n2)cn1. The lowest BCUT2D eigenvalue weighted by Gasteiger charge is -2.24. The van der Waals surface area contributed by atoms with E-state index in [-0.39, 0.29) is 6.04 Å². The molecule has 3 heterocycles. The van der Waals surface area contributed by atoms with Crippen LogP contribution in [0.25, 0.3) is 0 Å². The molecule has 3 aromatic rings. The molecule has 7 nitrogen and oxygen atoms in total. The lowest BCUT2D eigenvalue weighted by atomic mass is 9.80. The Morgan fingerprint density at radius 1 is 1.13 bits per heavy atom. The molecule has 8 heteroatoms. The Kier molecular flexibility index (Phi) is 6.05. The van der Waals surface area contributed by atoms with Gasteiger partial charge >= 0.3 is 7.12 Å². The molecule has 1 saturated heterocycles. The molecular weight excluding hydrogens is 377 g/mol. The van der Waals surface area contributed by atoms with Crippen LogP contribution < -0.4 is 10.8 Å². The summed E-state index contributed by atoms with van der Waals surface area (Å²) in [4.78, 5) is 11.3. The lowest BCUT2D eigenvalue weighted by molar-refractivity contribution is 0.244. The minimum Gasteiger partial charge on any atom is -0.423 e. The molecule has 0 bridgehead atoms. The summed E-state index contributed by atoms with van der Waals surface area (Å²) in [5, 5.41) is 30.6. The van der Waals surface area contributed by atoms with E-state index in [0.717, 1.165) is 48.7 Å². The smallest absolute Gasteiger partial charge is 0.423 e. The molecule has 3 N–H and O–H groups in total. The van der Waals surface area contributed by atoms with Gasteiger partial charge in [0, 0.05) is 6.54 Å². The topological polar surface area (TPSA) is 105 Å². The highest BCUT2D eigenvalue weighted by Crippen LogP contribution is 2.32. The standard InChI is InChI=1S/C22H22BN5O2/c24-13-18-10-11-19(14-25-18)26-22-5-1-3-20(27-22)21-4-2-12-28(21)15-16-6-8-17(9-7-16)23(29)30/h1,3,5-11,14,21,29-30H,2,4,12,15H2,(H,26,27)/t21-/m1/s1. The van der Waals surface area contributed by atoms with E-state index in [2.05, 4.69) is 21.3 Å². The Morgan fingerprint density at radius 2 is 1.97 bits per heavy atom. The largest absolute Gasteiger partial charge is 0.488 e. The molecule has 0 saturated carbocycles. The lowest BCUT2D eigenvalue weighted by Crippen LogP contribution is -2.30. The summed E-state index contributed by atoms with van der Waals surface area (Å²) in [6.45, 7) is 1.78. The molecule has 1 aromatic carbocycles. The monoisotopic (exact) mass is 399 g/mol. The molecule has 0 aliphatic carbocycles. The summed E-state index contributed by atoms with van der Waals surface area (Å²) in [6, 6.07) is 19.1. The third kappa shape index (κ3) is 4.66. The van der Waals surface area contributed by atoms with E-state index in [4.69, 9.17) is 10.2 Å². The first-order valence-corrected chi connectivity index (χ1v) is 9.91. The molecule has 0 unspecified atom stereocenters. The highest BCUT2D eigenvalue weighted by Gasteiger charge is 2.27. The Hall–Kier alpha value is -3.25. The number of hydrogen-bond acceptors (Lipinski definition) is 7. The Labute approximate surface area is 175 Å². The fourth-order valence-corrected chi connectivity index (χ4v) is 3.77. The van der Waals surface area contributed by atoms with Crippen LogP contribution in [0.2, 0.25) is 0 Å². The molecule has 30 heavy (non-hydrogen) atoms. The van der Waals surface area contributed by atoms with Crippen molar-refractivity contribution in [1.82, 2.24) is 14.9 Å². The summed E-state index contributed by atoms with van der Waals surface area (Å²) in [5.41, 5.74) is 3.80. The Bertz CT molecular complexity index is 1030. The van der Waals surface area contributed by atoms with Crippen molar-refractivity contribution in [2.45, 2.75) is 25.4 Å². The van der Waals surface area contributed by atoms with Gasteiger partial charge < -0.3 is 15.4 Å². The number of aromatic nitrogens is 2. The first-order chi connectivity index (χ1) is 14.6. The van der Waals surface area contributed by atoms with Crippen molar-refractivity contribution in [3.8, 4) is 6.07 Å². The van der Waals surface area contributed by atoms with Crippen molar-refractivity contribution >= 4 is 24.1 Å². The number of nitrogens with one attached hydrogen (secondary N) is 1. The molecule has 0 radical (unpaired) electrons. The van der Waals surface area contributed by atoms with Gasteiger partial charge in [-0.05, 0) is 54.7 Å². The summed E-state index contributed by atoms with van der Waals surface area (Å²) < 4.78 is 0. The number of nitriles is 1. The van der Waals surface area contributed by atoms with E-state index in [9.17, 15) is 10.0 Å². The van der Waals surface area contributed by atoms with E-state index >= 15 is 0 Å². The molecule has 4 rings (SSSR count). The second-order valence-corrected chi connectivity index (χ2v) is 7.36. The van der Waals surface area contributed by atoms with Gasteiger partial charge in [0.25, 0.3) is 0 Å². The zero-order chi connectivity index (χ0) is 20.9. The van der Waals surface area contributed by atoms with Crippen molar-refractivity contribution in [3.63, 3.8) is 0 Å². The molecule has 0 spiro atoms. The summed E-state index contributed by atoms with van der Waals surface area (Å²) in [6.07, 6.45) is 3.78. The van der Waals surface area contributed by atoms with Gasteiger partial charge in [0.15, 0.2) is 0 Å². The van der Waals surface area contributed by atoms with Crippen LogP contribution in [-0.4, -0.2) is 38.6 Å². The summed E-state index contributed by atoms with van der Waals surface area (Å²) >= 11 is 0. The number of anilines is 2. The van der Waals surface area contributed by atoms with Gasteiger partial charge in [0.05, 0.1) is 23.6 Å². The second-order valence-electron chi connectivity index (χ2n) is 7.36. The number of nitrogens with zero attached hydrogens (tertiary/aromatic N) is 4. The van der Waals surface area contributed by atoms with E-state index in [1.807, 2.05) is 36.4 Å². The van der Waals surface area contributed by atoms with Crippen LogP contribution in [0.3, 0.4) is 0 Å². The van der Waals surface area contributed by atoms with Crippen LogP contribution in [0.15, 0.2) is 60.8 Å². The molecule has 1 atom stereocenters. The number of hydrogen-bond donors (Lipinski definition) is 3. The van der Waals surface area contributed by atoms with Crippen molar-refractivity contribution in [2.24, 2.45) is 0 Å². The zero-order valence-electron chi connectivity index (χ0n) is 16.4. The van der Waals surface area contributed by atoms with Crippen molar-refractivity contribution in [3.05, 3.63) is 77.7 Å². The van der Waals surface area contributed by atoms with Crippen LogP contribution in [-0.2, 0) is 6.54 Å². The Balaban J connectivity index is 1.47. The number of likely N-dealkylation sites (tertiary alicyclic amines) is 1. The molecule has 1 aliphatic rings. The third-order valence-corrected chi connectivity index (χ3v) is 5.29. The molecule has 150 valence electrons. The Morgan fingerprint density at radius 3 is 2.67 bits per heavy atom. The fourth-order valence-electron chi connectivity index (χ4n) is 3.77. The van der Waals surface area contributed by atoms with E-state index in [1.165, 1.54) is 0 Å². The molecule has 1 aliphatic heterocycles. The fraction of sp³-hybridized carbons (Fsp3) is 0.227. The van der Waals surface area contributed by atoms with Gasteiger partial charge in [-0.15, -0.1) is 0 Å². The molecule has 1 fully saturated rings. The minimum atomic E-state index is -1.44. The van der Waals surface area contributed by atoms with Crippen LogP contribution in [0.4, 0.5) is 11.5 Å². The highest BCUT2D eigenvalue weighted by molar-refractivity contribution is 6.58. The van der Waals surface area contributed by atoms with Crippen LogP contribution in [0.1, 0.15) is 35.8 Å². The minimum absolute atomic E-state index is 0.231. The molecular formula is C22H22BN5O2. The normalized spacial score (nSPS) is 16.2. The van der Waals surface area contributed by atoms with Crippen molar-refractivity contribution in [1.29, 1.82) is 5.26 Å². The maximum Gasteiger partial charge on any atom is 0.488 e. The zero-order valence-corrected chi connectivity index (χ0v) is 16.4. The molecule has 0 amide bonds. The van der Waals surface area contributed by atoms with E-state index in [0.29, 0.717) is 11.2 Å². The van der Waals surface area contributed by atoms with Gasteiger partial charge in [-0.3, -0.25) is 4.90 Å². The summed E-state index contributed by atoms with van der Waals surface area (Å²) in [5.74, 6) is 0.743. The van der Waals surface area contributed by atoms with E-state index < -0.39 is 7.12 Å². The first kappa shape index (κ1) is 20.0. The number of benzene rings is 1. The van der Waals surface area contributed by atoms with E-state index in [1.54, 1.807) is 24.4 Å². The quantitative estimate of drug-likeness (QED) is 0.545. The number of pyridine rings is 2. The predicted molar refractivity (Wildman–Crippen MR) is 115 cm³/mol. The van der Waals surface area contributed by atoms with Crippen molar-refractivity contribution in [2.75, 3.05) is 11.9 Å². The van der Waals surface area contributed by atoms with Crippen molar-refractivity contribution < 1.29 is 10.0 Å². The van der Waals surface area contributed by atoms with Gasteiger partial charge in [-0.2, -0.15) is 5.26 Å². The second kappa shape index (κ2) is 9.05. The molecule has 2 aromatic heterocycles. The first-order valence-electron chi connectivity index (χ1n) is 9.91. The third-order valence-electron chi connectivity index (χ3n) is 5.29. The maximum absolute atomic E-state index is 9.26. The van der Waals surface area contributed by atoms with Crippen LogP contribution in [0, 0.1) is 11.3 Å². The summed E-state index contributed by atoms with van der Waals surface area (Å²) in [7, 11) is -1.44. The average Bonchev–Trinajstić information content (AvgIpc) is 3.23. The number of rotatable bonds is 6. The van der Waals surface area contributed by atoms with Gasteiger partial charge in [0.2, 0.25) is 0 Å². The highest BCUT2D eigenvalue weighted by atomic mass is 16.4. The van der Waals surface area contributed by atoms with Gasteiger partial charge in [-0.25, -0.2) is 9.97 Å². The van der Waals surface area contributed by atoms with Crippen LogP contribution in [0.5, 0.6) is 0 Å². The predicted octanol–water partition coefficient (Wildman–Crippen LogP) is 2.11. The van der Waals surface area contributed by atoms with Crippen LogP contribution >= 0.6 is 0 Å². The maximum atomic E-state index is 9.26. The van der Waals surface area contributed by atoms with Gasteiger partial charge in [0.1, 0.15) is 17.6 Å². The average molecular weight is 399 g/mol. The van der Waals surface area contributed by atoms with Gasteiger partial charge in [-0.1, -0.05) is 30.3 Å².